The van der Waals surface area contributed by atoms with Crippen molar-refractivity contribution in [3.8, 4) is 0 Å². The molecule has 2 aliphatic heterocycles. The highest BCUT2D eigenvalue weighted by Gasteiger charge is 2.34. The number of nitrogens with one attached hydrogen (secondary N) is 2. The Morgan fingerprint density at radius 1 is 1.50 bits per heavy atom. The van der Waals surface area contributed by atoms with Crippen molar-refractivity contribution in [2.75, 3.05) is 19.0 Å². The molecule has 2 N–H and O–H groups in total. The van der Waals surface area contributed by atoms with E-state index in [9.17, 15) is 9.59 Å². The molecule has 1 saturated heterocycles. The first-order chi connectivity index (χ1) is 14.7. The van der Waals surface area contributed by atoms with E-state index in [0.717, 1.165) is 24.3 Å². The zero-order valence-corrected chi connectivity index (χ0v) is 18.0. The van der Waals surface area contributed by atoms with Gasteiger partial charge in [0.15, 0.2) is 0 Å². The molecule has 1 fully saturated rings. The Labute approximate surface area is 181 Å². The van der Waals surface area contributed by atoms with Gasteiger partial charge in [-0.25, -0.2) is 14.3 Å². The summed E-state index contributed by atoms with van der Waals surface area (Å²) in [4.78, 5) is 25.9. The van der Waals surface area contributed by atoms with Gasteiger partial charge in [-0.1, -0.05) is 17.8 Å². The lowest BCUT2D eigenvalue weighted by Gasteiger charge is -2.28. The number of nitrogens with zero attached hydrogens (tertiary/aromatic N) is 4. The van der Waals surface area contributed by atoms with Crippen molar-refractivity contribution < 1.29 is 19.1 Å². The van der Waals surface area contributed by atoms with Crippen molar-refractivity contribution in [1.29, 1.82) is 0 Å². The zero-order chi connectivity index (χ0) is 20.9. The highest BCUT2D eigenvalue weighted by molar-refractivity contribution is 7.99. The second kappa shape index (κ2) is 9.58. The van der Waals surface area contributed by atoms with Gasteiger partial charge in [0.1, 0.15) is 0 Å². The van der Waals surface area contributed by atoms with Crippen molar-refractivity contribution in [2.24, 2.45) is 0 Å². The van der Waals surface area contributed by atoms with Crippen LogP contribution in [-0.2, 0) is 20.8 Å². The highest BCUT2D eigenvalue weighted by atomic mass is 32.2. The summed E-state index contributed by atoms with van der Waals surface area (Å²) < 4.78 is 12.6. The average Bonchev–Trinajstić information content (AvgIpc) is 3.50. The van der Waals surface area contributed by atoms with Crippen LogP contribution in [0.25, 0.3) is 0 Å². The molecule has 0 unspecified atom stereocenters. The number of thiophene rings is 1. The molecular weight excluding hydrogens is 428 g/mol. The molecule has 4 rings (SSSR count). The molecule has 2 aromatic rings. The summed E-state index contributed by atoms with van der Waals surface area (Å²) in [5.41, 5.74) is 0.886. The van der Waals surface area contributed by atoms with E-state index < -0.39 is 12.0 Å². The molecule has 2 aliphatic rings. The Bertz CT molecular complexity index is 923. The summed E-state index contributed by atoms with van der Waals surface area (Å²) >= 11 is 2.82. The van der Waals surface area contributed by atoms with Gasteiger partial charge in [0.25, 0.3) is 0 Å². The van der Waals surface area contributed by atoms with Gasteiger partial charge in [0, 0.05) is 22.9 Å². The third-order valence-corrected chi connectivity index (χ3v) is 6.64. The Morgan fingerprint density at radius 3 is 3.13 bits per heavy atom. The van der Waals surface area contributed by atoms with E-state index in [-0.39, 0.29) is 18.7 Å². The van der Waals surface area contributed by atoms with Crippen molar-refractivity contribution >= 4 is 35.1 Å². The summed E-state index contributed by atoms with van der Waals surface area (Å²) in [5.74, 6) is -0.145. The maximum absolute atomic E-state index is 12.7. The standard InChI is InChI=1S/C18H22N6O4S2/c1-2-27-16(25)14-12(19-17(26)20-15(14)13-6-4-8-29-13)10-30-18-21-22-23-24(18)9-11-5-3-7-28-11/h4,6,8,11,15H,2-3,5,7,9-10H2,1H3,(H2,19,20,26)/t11-,15-/m0/s1. The van der Waals surface area contributed by atoms with Crippen LogP contribution in [0.1, 0.15) is 30.7 Å². The smallest absolute Gasteiger partial charge is 0.338 e. The summed E-state index contributed by atoms with van der Waals surface area (Å²) in [7, 11) is 0. The van der Waals surface area contributed by atoms with Crippen molar-refractivity contribution in [3.05, 3.63) is 33.7 Å². The van der Waals surface area contributed by atoms with Gasteiger partial charge >= 0.3 is 12.0 Å². The molecule has 10 nitrogen and oxygen atoms in total. The lowest BCUT2D eigenvalue weighted by atomic mass is 10.0. The van der Waals surface area contributed by atoms with Gasteiger partial charge < -0.3 is 20.1 Å². The van der Waals surface area contributed by atoms with E-state index in [2.05, 4.69) is 26.2 Å². The van der Waals surface area contributed by atoms with Crippen LogP contribution < -0.4 is 10.6 Å². The molecule has 2 amide bonds. The molecule has 0 radical (unpaired) electrons. The molecule has 12 heteroatoms. The van der Waals surface area contributed by atoms with Crippen LogP contribution >= 0.6 is 23.1 Å². The molecule has 2 aromatic heterocycles. The number of amides is 2. The maximum Gasteiger partial charge on any atom is 0.338 e. The van der Waals surface area contributed by atoms with E-state index in [0.29, 0.717) is 28.7 Å². The fourth-order valence-electron chi connectivity index (χ4n) is 3.38. The summed E-state index contributed by atoms with van der Waals surface area (Å²) in [6.07, 6.45) is 2.12. The summed E-state index contributed by atoms with van der Waals surface area (Å²) in [6, 6.07) is 2.84. The minimum absolute atomic E-state index is 0.101. The quantitative estimate of drug-likeness (QED) is 0.462. The normalized spacial score (nSPS) is 21.4. The van der Waals surface area contributed by atoms with Gasteiger partial charge in [-0.05, 0) is 41.6 Å². The maximum atomic E-state index is 12.7. The third kappa shape index (κ3) is 4.65. The Balaban J connectivity index is 1.56. The lowest BCUT2D eigenvalue weighted by Crippen LogP contribution is -2.46. The molecule has 4 heterocycles. The number of rotatable bonds is 8. The third-order valence-electron chi connectivity index (χ3n) is 4.72. The largest absolute Gasteiger partial charge is 0.463 e. The number of esters is 1. The van der Waals surface area contributed by atoms with Gasteiger partial charge in [-0.3, -0.25) is 0 Å². The monoisotopic (exact) mass is 450 g/mol. The minimum Gasteiger partial charge on any atom is -0.463 e. The van der Waals surface area contributed by atoms with Crippen LogP contribution in [0.15, 0.2) is 33.9 Å². The number of carbonyl (C=O) groups excluding carboxylic acids is 2. The van der Waals surface area contributed by atoms with Gasteiger partial charge in [-0.15, -0.1) is 16.4 Å². The van der Waals surface area contributed by atoms with Crippen LogP contribution in [0.5, 0.6) is 0 Å². The van der Waals surface area contributed by atoms with Crippen LogP contribution in [-0.4, -0.2) is 57.3 Å². The number of tetrazole rings is 1. The fraction of sp³-hybridized carbons (Fsp3) is 0.500. The van der Waals surface area contributed by atoms with Crippen LogP contribution in [0, 0.1) is 0 Å². The SMILES string of the molecule is CCOC(=O)C1=C(CSc2nnnn2C[C@@H]2CCCO2)NC(=O)N[C@H]1c1cccs1. The number of aromatic nitrogens is 4. The highest BCUT2D eigenvalue weighted by Crippen LogP contribution is 2.32. The fourth-order valence-corrected chi connectivity index (χ4v) is 5.02. The first-order valence-corrected chi connectivity index (χ1v) is 11.5. The lowest BCUT2D eigenvalue weighted by molar-refractivity contribution is -0.139. The Morgan fingerprint density at radius 2 is 2.40 bits per heavy atom. The van der Waals surface area contributed by atoms with Gasteiger partial charge in [-0.2, -0.15) is 0 Å². The first-order valence-electron chi connectivity index (χ1n) is 9.67. The second-order valence-corrected chi connectivity index (χ2v) is 8.65. The van der Waals surface area contributed by atoms with Gasteiger partial charge in [0.05, 0.1) is 30.9 Å². The van der Waals surface area contributed by atoms with Crippen molar-refractivity contribution in [1.82, 2.24) is 30.8 Å². The molecule has 0 aliphatic carbocycles. The predicted molar refractivity (Wildman–Crippen MR) is 110 cm³/mol. The Kier molecular flexibility index (Phi) is 6.65. The van der Waals surface area contributed by atoms with E-state index >= 15 is 0 Å². The first kappa shape index (κ1) is 20.8. The number of thioether (sulfide) groups is 1. The van der Waals surface area contributed by atoms with E-state index in [1.165, 1.54) is 23.1 Å². The second-order valence-electron chi connectivity index (χ2n) is 6.73. The van der Waals surface area contributed by atoms with E-state index in [4.69, 9.17) is 9.47 Å². The predicted octanol–water partition coefficient (Wildman–Crippen LogP) is 1.88. The van der Waals surface area contributed by atoms with Crippen molar-refractivity contribution in [2.45, 2.75) is 43.6 Å². The molecule has 2 atom stereocenters. The average molecular weight is 451 g/mol. The Hall–Kier alpha value is -2.44. The summed E-state index contributed by atoms with van der Waals surface area (Å²) in [5, 5.41) is 20.0. The van der Waals surface area contributed by atoms with Crippen molar-refractivity contribution in [3.63, 3.8) is 0 Å². The minimum atomic E-state index is -0.559. The molecule has 0 bridgehead atoms. The number of ether oxygens (including phenoxy) is 2. The number of urea groups is 1. The number of hydrogen-bond acceptors (Lipinski definition) is 9. The zero-order valence-electron chi connectivity index (χ0n) is 16.4. The van der Waals surface area contributed by atoms with Crippen LogP contribution in [0.4, 0.5) is 4.79 Å². The van der Waals surface area contributed by atoms with Gasteiger partial charge in [0.2, 0.25) is 5.16 Å². The topological polar surface area (TPSA) is 120 Å². The molecule has 0 saturated carbocycles. The number of hydrogen-bond donors (Lipinski definition) is 2. The number of carbonyl (C=O) groups is 2. The molecule has 160 valence electrons. The molecular formula is C18H22N6O4S2. The molecule has 0 aromatic carbocycles. The van der Waals surface area contributed by atoms with E-state index in [1.807, 2.05) is 17.5 Å². The molecule has 30 heavy (non-hydrogen) atoms. The molecule has 0 spiro atoms. The summed E-state index contributed by atoms with van der Waals surface area (Å²) in [6.45, 7) is 3.33. The van der Waals surface area contributed by atoms with E-state index in [1.54, 1.807) is 11.6 Å². The van der Waals surface area contributed by atoms with Crippen LogP contribution in [0.3, 0.4) is 0 Å². The van der Waals surface area contributed by atoms with Crippen LogP contribution in [0.2, 0.25) is 0 Å².